The molecule has 0 unspecified atom stereocenters. The lowest BCUT2D eigenvalue weighted by Gasteiger charge is -1.87. The third-order valence-electron chi connectivity index (χ3n) is 1.64. The zero-order valence-corrected chi connectivity index (χ0v) is 7.11. The largest absolute Gasteiger partial charge is 0.322 e. The third-order valence-corrected chi connectivity index (χ3v) is 1.64. The van der Waals surface area contributed by atoms with Crippen LogP contribution in [-0.2, 0) is 4.79 Å². The molecule has 0 aliphatic heterocycles. The fourth-order valence-electron chi connectivity index (χ4n) is 1.14. The summed E-state index contributed by atoms with van der Waals surface area (Å²) in [5.41, 5.74) is 1.71. The Morgan fingerprint density at radius 1 is 1.46 bits per heavy atom. The molecular formula is C9H8N3O. The Hall–Kier alpha value is -1.84. The van der Waals surface area contributed by atoms with Crippen molar-refractivity contribution in [2.75, 3.05) is 0 Å². The Bertz CT molecular complexity index is 414. The molecule has 1 N–H and O–H groups in total. The quantitative estimate of drug-likeness (QED) is 0.709. The van der Waals surface area contributed by atoms with Crippen molar-refractivity contribution in [1.29, 1.82) is 0 Å². The summed E-state index contributed by atoms with van der Waals surface area (Å²) in [5.74, 6) is 0.118. The maximum absolute atomic E-state index is 10.7. The molecule has 0 saturated heterocycles. The van der Waals surface area contributed by atoms with E-state index in [0.29, 0.717) is 5.95 Å². The number of imidazole rings is 1. The number of benzene rings is 1. The second-order valence-corrected chi connectivity index (χ2v) is 2.71. The average molecular weight is 174 g/mol. The monoisotopic (exact) mass is 174 g/mol. The number of carbonyl (C=O) groups excluding carboxylic acids is 1. The summed E-state index contributed by atoms with van der Waals surface area (Å²) in [6.07, 6.45) is 0. The first kappa shape index (κ1) is 7.79. The fourth-order valence-corrected chi connectivity index (χ4v) is 1.14. The number of nitrogens with one attached hydrogen (secondary N) is 1. The van der Waals surface area contributed by atoms with Gasteiger partial charge in [-0.15, -0.1) is 0 Å². The van der Waals surface area contributed by atoms with E-state index in [4.69, 9.17) is 0 Å². The predicted octanol–water partition coefficient (Wildman–Crippen LogP) is 1.35. The number of amides is 1. The van der Waals surface area contributed by atoms with Crippen molar-refractivity contribution in [3.8, 4) is 0 Å². The summed E-state index contributed by atoms with van der Waals surface area (Å²) in [6.45, 7) is 1.40. The highest BCUT2D eigenvalue weighted by Gasteiger charge is 2.03. The average Bonchev–Trinajstić information content (AvgIpc) is 2.44. The van der Waals surface area contributed by atoms with Crippen LogP contribution in [0.5, 0.6) is 0 Å². The Labute approximate surface area is 75.0 Å². The van der Waals surface area contributed by atoms with Gasteiger partial charge in [0, 0.05) is 6.92 Å². The third kappa shape index (κ3) is 1.51. The van der Waals surface area contributed by atoms with E-state index in [2.05, 4.69) is 15.3 Å². The number of nitrogens with zero attached hydrogens (tertiary/aromatic N) is 2. The number of fused-ring (bicyclic) bond motifs is 1. The molecule has 0 aliphatic rings. The minimum Gasteiger partial charge on any atom is -0.322 e. The van der Waals surface area contributed by atoms with Gasteiger partial charge in [0.15, 0.2) is 0 Å². The molecule has 1 aromatic heterocycles. The first-order valence-corrected chi connectivity index (χ1v) is 3.93. The first-order chi connectivity index (χ1) is 6.25. The Kier molecular flexibility index (Phi) is 1.73. The predicted molar refractivity (Wildman–Crippen MR) is 48.6 cm³/mol. The zero-order valence-electron chi connectivity index (χ0n) is 7.11. The smallest absolute Gasteiger partial charge is 0.245 e. The molecule has 0 atom stereocenters. The highest BCUT2D eigenvalue weighted by atomic mass is 16.1. The van der Waals surface area contributed by atoms with E-state index in [1.54, 1.807) is 0 Å². The lowest BCUT2D eigenvalue weighted by atomic mass is 10.3. The summed E-state index contributed by atoms with van der Waals surface area (Å²) in [5, 5.41) is 3.69. The molecule has 0 spiro atoms. The summed E-state index contributed by atoms with van der Waals surface area (Å²) < 4.78 is 0. The number of hydrogen-bond acceptors (Lipinski definition) is 2. The number of rotatable bonds is 1. The molecule has 65 valence electrons. The minimum atomic E-state index is -0.251. The van der Waals surface area contributed by atoms with Gasteiger partial charge in [-0.2, -0.15) is 5.32 Å². The van der Waals surface area contributed by atoms with Gasteiger partial charge in [0.1, 0.15) is 0 Å². The van der Waals surface area contributed by atoms with Crippen LogP contribution < -0.4 is 5.32 Å². The van der Waals surface area contributed by atoms with Gasteiger partial charge in [-0.1, -0.05) is 12.1 Å². The number of carbonyl (C=O) groups is 1. The van der Waals surface area contributed by atoms with Crippen molar-refractivity contribution in [1.82, 2.24) is 15.3 Å². The van der Waals surface area contributed by atoms with E-state index in [-0.39, 0.29) is 5.91 Å². The molecule has 1 heterocycles. The zero-order chi connectivity index (χ0) is 9.26. The molecule has 4 nitrogen and oxygen atoms in total. The number of aromatic amines is 1. The molecule has 0 aliphatic carbocycles. The summed E-state index contributed by atoms with van der Waals surface area (Å²) in [6, 6.07) is 7.55. The fraction of sp³-hybridized carbons (Fsp3) is 0.111. The molecule has 0 bridgehead atoms. The standard InChI is InChI=1S/C9H8N3O/c1-6(13)10-9-11-7-4-2-3-5-8(7)12-9/h2-5H,1H3,(H,11,12). The molecular weight excluding hydrogens is 166 g/mol. The van der Waals surface area contributed by atoms with E-state index in [1.165, 1.54) is 6.92 Å². The molecule has 13 heavy (non-hydrogen) atoms. The van der Waals surface area contributed by atoms with Crippen LogP contribution in [0.2, 0.25) is 0 Å². The van der Waals surface area contributed by atoms with Crippen LogP contribution >= 0.6 is 0 Å². The molecule has 0 saturated carbocycles. The maximum Gasteiger partial charge on any atom is 0.245 e. The van der Waals surface area contributed by atoms with Crippen LogP contribution in [0.15, 0.2) is 24.3 Å². The van der Waals surface area contributed by atoms with Gasteiger partial charge >= 0.3 is 0 Å². The van der Waals surface area contributed by atoms with E-state index < -0.39 is 0 Å². The van der Waals surface area contributed by atoms with Crippen LogP contribution in [-0.4, -0.2) is 15.9 Å². The number of aromatic nitrogens is 2. The van der Waals surface area contributed by atoms with Gasteiger partial charge < -0.3 is 4.98 Å². The lowest BCUT2D eigenvalue weighted by Crippen LogP contribution is -2.05. The second kappa shape index (κ2) is 2.90. The second-order valence-electron chi connectivity index (χ2n) is 2.71. The summed E-state index contributed by atoms with van der Waals surface area (Å²) >= 11 is 0. The molecule has 1 aromatic carbocycles. The van der Waals surface area contributed by atoms with Gasteiger partial charge in [-0.25, -0.2) is 4.98 Å². The van der Waals surface area contributed by atoms with E-state index in [0.717, 1.165) is 11.0 Å². The van der Waals surface area contributed by atoms with Crippen LogP contribution in [0, 0.1) is 0 Å². The topological polar surface area (TPSA) is 59.9 Å². The Morgan fingerprint density at radius 3 is 2.92 bits per heavy atom. The van der Waals surface area contributed by atoms with E-state index in [1.807, 2.05) is 24.3 Å². The van der Waals surface area contributed by atoms with Gasteiger partial charge in [-0.3, -0.25) is 4.79 Å². The molecule has 2 rings (SSSR count). The normalized spacial score (nSPS) is 10.2. The van der Waals surface area contributed by atoms with Gasteiger partial charge in [0.05, 0.1) is 11.0 Å². The highest BCUT2D eigenvalue weighted by Crippen LogP contribution is 2.12. The van der Waals surface area contributed by atoms with E-state index in [9.17, 15) is 4.79 Å². The van der Waals surface area contributed by atoms with Gasteiger partial charge in [0.2, 0.25) is 11.9 Å². The van der Waals surface area contributed by atoms with Crippen molar-refractivity contribution < 1.29 is 4.79 Å². The minimum absolute atomic E-state index is 0.251. The maximum atomic E-state index is 10.7. The van der Waals surface area contributed by atoms with Crippen molar-refractivity contribution in [3.63, 3.8) is 0 Å². The first-order valence-electron chi connectivity index (χ1n) is 3.93. The Morgan fingerprint density at radius 2 is 2.23 bits per heavy atom. The SMILES string of the molecule is CC(=O)[N]c1nc2ccccc2[nH]1. The Balaban J connectivity index is 2.44. The summed E-state index contributed by atoms with van der Waals surface area (Å²) in [4.78, 5) is 17.7. The van der Waals surface area contributed by atoms with Crippen LogP contribution in [0.1, 0.15) is 6.92 Å². The number of para-hydroxylation sites is 2. The summed E-state index contributed by atoms with van der Waals surface area (Å²) in [7, 11) is 0. The van der Waals surface area contributed by atoms with Gasteiger partial charge in [0.25, 0.3) is 0 Å². The van der Waals surface area contributed by atoms with Gasteiger partial charge in [-0.05, 0) is 12.1 Å². The highest BCUT2D eigenvalue weighted by molar-refractivity contribution is 5.81. The lowest BCUT2D eigenvalue weighted by molar-refractivity contribution is -0.118. The van der Waals surface area contributed by atoms with Crippen LogP contribution in [0.3, 0.4) is 0 Å². The van der Waals surface area contributed by atoms with Crippen LogP contribution in [0.25, 0.3) is 11.0 Å². The molecule has 1 amide bonds. The number of hydrogen-bond donors (Lipinski definition) is 1. The molecule has 0 fully saturated rings. The van der Waals surface area contributed by atoms with Crippen LogP contribution in [0.4, 0.5) is 5.95 Å². The molecule has 2 aromatic rings. The molecule has 1 radical (unpaired) electrons. The number of H-pyrrole nitrogens is 1. The van der Waals surface area contributed by atoms with Crippen molar-refractivity contribution >= 4 is 22.9 Å². The van der Waals surface area contributed by atoms with Crippen molar-refractivity contribution in [3.05, 3.63) is 24.3 Å². The van der Waals surface area contributed by atoms with Crippen molar-refractivity contribution in [2.24, 2.45) is 0 Å². The molecule has 4 heteroatoms. The van der Waals surface area contributed by atoms with Crippen molar-refractivity contribution in [2.45, 2.75) is 6.92 Å². The van der Waals surface area contributed by atoms with E-state index >= 15 is 0 Å².